The van der Waals surface area contributed by atoms with E-state index in [2.05, 4.69) is 15.6 Å². The molecule has 0 bridgehead atoms. The van der Waals surface area contributed by atoms with Crippen molar-refractivity contribution >= 4 is 33.4 Å². The van der Waals surface area contributed by atoms with Gasteiger partial charge in [0.1, 0.15) is 5.01 Å². The van der Waals surface area contributed by atoms with Crippen LogP contribution in [-0.4, -0.2) is 37.6 Å². The fraction of sp³-hybridized carbons (Fsp3) is 0.211. The van der Waals surface area contributed by atoms with Gasteiger partial charge in [-0.25, -0.2) is 4.98 Å². The van der Waals surface area contributed by atoms with E-state index in [9.17, 15) is 9.59 Å². The second-order valence-corrected chi connectivity index (χ2v) is 6.70. The summed E-state index contributed by atoms with van der Waals surface area (Å²) in [4.78, 5) is 28.2. The Morgan fingerprint density at radius 2 is 1.96 bits per heavy atom. The van der Waals surface area contributed by atoms with Crippen LogP contribution in [0.1, 0.15) is 15.4 Å². The van der Waals surface area contributed by atoms with Gasteiger partial charge in [0.05, 0.1) is 23.9 Å². The summed E-state index contributed by atoms with van der Waals surface area (Å²) >= 11 is 1.55. The van der Waals surface area contributed by atoms with Crippen LogP contribution in [0.5, 0.6) is 11.5 Å². The first-order valence-electron chi connectivity index (χ1n) is 8.24. The number of aromatic nitrogens is 1. The molecule has 27 heavy (non-hydrogen) atoms. The third-order valence-corrected chi connectivity index (χ3v) is 4.84. The smallest absolute Gasteiger partial charge is 0.257 e. The average molecular weight is 385 g/mol. The Hall–Kier alpha value is -3.13. The molecule has 0 fully saturated rings. The molecule has 0 aliphatic heterocycles. The molecule has 3 aromatic rings. The molecule has 0 aliphatic rings. The van der Waals surface area contributed by atoms with Crippen molar-refractivity contribution in [1.29, 1.82) is 0 Å². The summed E-state index contributed by atoms with van der Waals surface area (Å²) in [6, 6.07) is 12.6. The second-order valence-electron chi connectivity index (χ2n) is 5.59. The quantitative estimate of drug-likeness (QED) is 0.652. The molecule has 1 heterocycles. The Morgan fingerprint density at radius 3 is 2.70 bits per heavy atom. The van der Waals surface area contributed by atoms with Crippen LogP contribution in [0, 0.1) is 0 Å². The van der Waals surface area contributed by atoms with E-state index in [4.69, 9.17) is 9.47 Å². The minimum absolute atomic E-state index is 0.129. The van der Waals surface area contributed by atoms with Gasteiger partial charge in [-0.1, -0.05) is 12.1 Å². The van der Waals surface area contributed by atoms with Crippen LogP contribution in [0.4, 0.5) is 0 Å². The van der Waals surface area contributed by atoms with E-state index < -0.39 is 0 Å². The Balaban J connectivity index is 1.66. The molecule has 0 saturated carbocycles. The topological polar surface area (TPSA) is 89.5 Å². The van der Waals surface area contributed by atoms with Crippen molar-refractivity contribution in [2.24, 2.45) is 0 Å². The maximum Gasteiger partial charge on any atom is 0.257 e. The number of likely N-dealkylation sites (N-methyl/N-ethyl adjacent to an activating group) is 1. The zero-order chi connectivity index (χ0) is 19.2. The number of amides is 2. The number of thiazole rings is 1. The fourth-order valence-corrected chi connectivity index (χ4v) is 3.30. The number of hydrogen-bond acceptors (Lipinski definition) is 6. The van der Waals surface area contributed by atoms with Gasteiger partial charge in [0.15, 0.2) is 18.1 Å². The minimum atomic E-state index is -0.255. The Bertz CT molecular complexity index is 937. The Labute approximate surface area is 160 Å². The highest BCUT2D eigenvalue weighted by molar-refractivity contribution is 7.18. The highest BCUT2D eigenvalue weighted by Gasteiger charge is 2.13. The second kappa shape index (κ2) is 8.50. The van der Waals surface area contributed by atoms with Crippen LogP contribution in [0.15, 0.2) is 42.5 Å². The number of hydrogen-bond donors (Lipinski definition) is 2. The number of nitrogens with zero attached hydrogens (tertiary/aromatic N) is 1. The lowest BCUT2D eigenvalue weighted by molar-refractivity contribution is -0.122. The zero-order valence-corrected chi connectivity index (χ0v) is 15.8. The molecule has 8 heteroatoms. The van der Waals surface area contributed by atoms with Gasteiger partial charge in [-0.15, -0.1) is 11.3 Å². The third kappa shape index (κ3) is 4.53. The van der Waals surface area contributed by atoms with Crippen molar-refractivity contribution in [3.05, 3.63) is 53.0 Å². The number of para-hydroxylation sites is 1. The third-order valence-electron chi connectivity index (χ3n) is 3.80. The van der Waals surface area contributed by atoms with Crippen LogP contribution in [0.3, 0.4) is 0 Å². The number of fused-ring (bicyclic) bond motifs is 1. The highest BCUT2D eigenvalue weighted by atomic mass is 32.1. The van der Waals surface area contributed by atoms with Crippen molar-refractivity contribution in [3.63, 3.8) is 0 Å². The number of methoxy groups -OCH3 is 1. The first-order chi connectivity index (χ1) is 13.1. The fourth-order valence-electron chi connectivity index (χ4n) is 2.40. The summed E-state index contributed by atoms with van der Waals surface area (Å²) in [6.45, 7) is 0.214. The molecule has 140 valence electrons. The largest absolute Gasteiger partial charge is 0.493 e. The molecule has 2 N–H and O–H groups in total. The summed E-state index contributed by atoms with van der Waals surface area (Å²) in [5.41, 5.74) is 1.35. The molecule has 1 aromatic heterocycles. The highest BCUT2D eigenvalue weighted by Crippen LogP contribution is 2.28. The molecule has 0 unspecified atom stereocenters. The van der Waals surface area contributed by atoms with E-state index in [1.165, 1.54) is 14.2 Å². The number of carbonyl (C=O) groups excluding carboxylic acids is 2. The van der Waals surface area contributed by atoms with E-state index in [1.54, 1.807) is 29.5 Å². The SMILES string of the molecule is CNC(=O)COc1ccc(C(=O)NCc2nc3ccccc3s2)cc1OC. The van der Waals surface area contributed by atoms with Gasteiger partial charge in [0.2, 0.25) is 0 Å². The van der Waals surface area contributed by atoms with Crippen molar-refractivity contribution in [2.45, 2.75) is 6.54 Å². The van der Waals surface area contributed by atoms with Crippen LogP contribution in [-0.2, 0) is 11.3 Å². The molecular formula is C19H19N3O4S. The number of rotatable bonds is 7. The van der Waals surface area contributed by atoms with Crippen LogP contribution < -0.4 is 20.1 Å². The lowest BCUT2D eigenvalue weighted by Gasteiger charge is -2.11. The van der Waals surface area contributed by atoms with Gasteiger partial charge < -0.3 is 20.1 Å². The zero-order valence-electron chi connectivity index (χ0n) is 14.9. The van der Waals surface area contributed by atoms with Crippen molar-refractivity contribution < 1.29 is 19.1 Å². The number of nitrogens with one attached hydrogen (secondary N) is 2. The molecule has 0 saturated heterocycles. The van der Waals surface area contributed by atoms with Gasteiger partial charge in [-0.3, -0.25) is 9.59 Å². The first kappa shape index (κ1) is 18.7. The van der Waals surface area contributed by atoms with Gasteiger partial charge in [-0.2, -0.15) is 0 Å². The monoisotopic (exact) mass is 385 g/mol. The summed E-state index contributed by atoms with van der Waals surface area (Å²) in [6.07, 6.45) is 0. The van der Waals surface area contributed by atoms with Crippen molar-refractivity contribution in [2.75, 3.05) is 20.8 Å². The molecule has 2 aromatic carbocycles. The van der Waals surface area contributed by atoms with Crippen molar-refractivity contribution in [3.8, 4) is 11.5 Å². The molecule has 3 rings (SSSR count). The Morgan fingerprint density at radius 1 is 1.15 bits per heavy atom. The van der Waals surface area contributed by atoms with Gasteiger partial charge in [0, 0.05) is 12.6 Å². The van der Waals surface area contributed by atoms with Crippen LogP contribution in [0.25, 0.3) is 10.2 Å². The maximum absolute atomic E-state index is 12.4. The molecule has 0 atom stereocenters. The van der Waals surface area contributed by atoms with E-state index >= 15 is 0 Å². The van der Waals surface area contributed by atoms with E-state index in [1.807, 2.05) is 24.3 Å². The summed E-state index contributed by atoms with van der Waals surface area (Å²) in [5.74, 6) is 0.274. The van der Waals surface area contributed by atoms with E-state index in [-0.39, 0.29) is 18.4 Å². The predicted octanol–water partition coefficient (Wildman–Crippen LogP) is 2.36. The van der Waals surface area contributed by atoms with Gasteiger partial charge >= 0.3 is 0 Å². The van der Waals surface area contributed by atoms with Crippen molar-refractivity contribution in [1.82, 2.24) is 15.6 Å². The van der Waals surface area contributed by atoms with Gasteiger partial charge in [-0.05, 0) is 30.3 Å². The number of benzene rings is 2. The molecule has 0 aliphatic carbocycles. The molecule has 2 amide bonds. The first-order valence-corrected chi connectivity index (χ1v) is 9.06. The summed E-state index contributed by atoms with van der Waals surface area (Å²) < 4.78 is 11.7. The van der Waals surface area contributed by atoms with E-state index in [0.29, 0.717) is 23.6 Å². The molecule has 0 radical (unpaired) electrons. The number of ether oxygens (including phenoxy) is 2. The van der Waals surface area contributed by atoms with Crippen LogP contribution in [0.2, 0.25) is 0 Å². The molecular weight excluding hydrogens is 366 g/mol. The molecule has 0 spiro atoms. The maximum atomic E-state index is 12.4. The standard InChI is InChI=1S/C19H19N3O4S/c1-20-17(23)11-26-14-8-7-12(9-15(14)25-2)19(24)21-10-18-22-13-5-3-4-6-16(13)27-18/h3-9H,10-11H2,1-2H3,(H,20,23)(H,21,24). The Kier molecular flexibility index (Phi) is 5.87. The lowest BCUT2D eigenvalue weighted by Crippen LogP contribution is -2.25. The lowest BCUT2D eigenvalue weighted by atomic mass is 10.2. The normalized spacial score (nSPS) is 10.4. The average Bonchev–Trinajstić information content (AvgIpc) is 3.13. The number of carbonyl (C=O) groups is 2. The van der Waals surface area contributed by atoms with E-state index in [0.717, 1.165) is 15.2 Å². The summed E-state index contributed by atoms with van der Waals surface area (Å²) in [5, 5.41) is 6.16. The molecule has 7 nitrogen and oxygen atoms in total. The van der Waals surface area contributed by atoms with Gasteiger partial charge in [0.25, 0.3) is 11.8 Å². The predicted molar refractivity (Wildman–Crippen MR) is 103 cm³/mol. The summed E-state index contributed by atoms with van der Waals surface area (Å²) in [7, 11) is 3.01. The van der Waals surface area contributed by atoms with Crippen LogP contribution >= 0.6 is 11.3 Å². The minimum Gasteiger partial charge on any atom is -0.493 e.